The van der Waals surface area contributed by atoms with Crippen molar-refractivity contribution in [2.75, 3.05) is 19.6 Å². The van der Waals surface area contributed by atoms with E-state index in [1.54, 1.807) is 0 Å². The lowest BCUT2D eigenvalue weighted by Crippen LogP contribution is -2.41. The van der Waals surface area contributed by atoms with Crippen molar-refractivity contribution in [1.82, 2.24) is 4.90 Å². The van der Waals surface area contributed by atoms with Crippen molar-refractivity contribution < 1.29 is 0 Å². The molecule has 2 bridgehead atoms. The lowest BCUT2D eigenvalue weighted by molar-refractivity contribution is 0.244. The maximum atomic E-state index is 5.81. The monoisotopic (exact) mass is 198 g/mol. The van der Waals surface area contributed by atoms with Gasteiger partial charge in [-0.25, -0.2) is 0 Å². The van der Waals surface area contributed by atoms with Crippen LogP contribution in [0.3, 0.4) is 0 Å². The quantitative estimate of drug-likeness (QED) is 0.627. The molecule has 0 aliphatic carbocycles. The maximum absolute atomic E-state index is 5.81. The molecule has 0 aromatic rings. The number of halogens is 2. The van der Waals surface area contributed by atoms with Crippen LogP contribution in [0.15, 0.2) is 0 Å². The fourth-order valence-electron chi connectivity index (χ4n) is 2.11. The summed E-state index contributed by atoms with van der Waals surface area (Å²) in [5, 5.41) is 0. The third-order valence-electron chi connectivity index (χ3n) is 2.50. The van der Waals surface area contributed by atoms with Crippen LogP contribution < -0.4 is 5.73 Å². The normalized spacial score (nSPS) is 40.6. The summed E-state index contributed by atoms with van der Waals surface area (Å²) in [5.74, 6) is 0.939. The molecular weight excluding hydrogens is 183 g/mol. The molecule has 0 aromatic carbocycles. The Kier molecular flexibility index (Phi) is 4.71. The average Bonchev–Trinajstić information content (AvgIpc) is 2.11. The van der Waals surface area contributed by atoms with Gasteiger partial charge in [-0.2, -0.15) is 0 Å². The van der Waals surface area contributed by atoms with Gasteiger partial charge in [0.1, 0.15) is 0 Å². The van der Waals surface area contributed by atoms with Gasteiger partial charge in [0.25, 0.3) is 0 Å². The van der Waals surface area contributed by atoms with Crippen molar-refractivity contribution in [2.24, 2.45) is 11.7 Å². The van der Waals surface area contributed by atoms with E-state index in [4.69, 9.17) is 5.73 Å². The fourth-order valence-corrected chi connectivity index (χ4v) is 2.11. The molecule has 2 unspecified atom stereocenters. The van der Waals surface area contributed by atoms with E-state index in [-0.39, 0.29) is 24.8 Å². The molecule has 0 radical (unpaired) electrons. The summed E-state index contributed by atoms with van der Waals surface area (Å²) in [4.78, 5) is 2.48. The van der Waals surface area contributed by atoms with Crippen LogP contribution in [0, 0.1) is 5.92 Å². The van der Waals surface area contributed by atoms with Crippen molar-refractivity contribution in [3.63, 3.8) is 0 Å². The van der Waals surface area contributed by atoms with Gasteiger partial charge in [0, 0.05) is 19.1 Å². The van der Waals surface area contributed by atoms with Crippen molar-refractivity contribution in [1.29, 1.82) is 0 Å². The minimum atomic E-state index is 0. The fraction of sp³-hybridized carbons (Fsp3) is 1.00. The standard InChI is InChI=1S/C7H14N2.2ClH/c8-7-3-6-1-2-9(4-6)5-7;;/h6-7H,1-5,8H2;2*1H/t6-,7?;;/m1../s1. The summed E-state index contributed by atoms with van der Waals surface area (Å²) >= 11 is 0. The Labute approximate surface area is 80.3 Å². The number of nitrogens with zero attached hydrogens (tertiary/aromatic N) is 1. The summed E-state index contributed by atoms with van der Waals surface area (Å²) in [6.07, 6.45) is 2.67. The van der Waals surface area contributed by atoms with E-state index in [9.17, 15) is 0 Å². The van der Waals surface area contributed by atoms with Gasteiger partial charge in [0.2, 0.25) is 0 Å². The number of hydrogen-bond acceptors (Lipinski definition) is 2. The first kappa shape index (κ1) is 11.5. The zero-order valence-electron chi connectivity index (χ0n) is 6.53. The van der Waals surface area contributed by atoms with Gasteiger partial charge in [-0.05, 0) is 25.3 Å². The van der Waals surface area contributed by atoms with Crippen molar-refractivity contribution in [2.45, 2.75) is 18.9 Å². The van der Waals surface area contributed by atoms with Crippen LogP contribution in [0.25, 0.3) is 0 Å². The third kappa shape index (κ3) is 2.48. The van der Waals surface area contributed by atoms with Crippen molar-refractivity contribution in [3.05, 3.63) is 0 Å². The Balaban J connectivity index is 0.000000500. The molecule has 2 heterocycles. The van der Waals surface area contributed by atoms with Gasteiger partial charge in [0.15, 0.2) is 0 Å². The molecule has 0 saturated carbocycles. The number of fused-ring (bicyclic) bond motifs is 2. The second-order valence-electron chi connectivity index (χ2n) is 3.41. The Morgan fingerprint density at radius 3 is 2.55 bits per heavy atom. The van der Waals surface area contributed by atoms with Crippen LogP contribution in [-0.2, 0) is 0 Å². The van der Waals surface area contributed by atoms with E-state index in [0.29, 0.717) is 6.04 Å². The van der Waals surface area contributed by atoms with Crippen LogP contribution in [-0.4, -0.2) is 30.6 Å². The second-order valence-corrected chi connectivity index (χ2v) is 3.41. The van der Waals surface area contributed by atoms with Gasteiger partial charge < -0.3 is 10.6 Å². The van der Waals surface area contributed by atoms with Crippen LogP contribution in [0.4, 0.5) is 0 Å². The molecule has 4 heteroatoms. The summed E-state index contributed by atoms with van der Waals surface area (Å²) in [5.41, 5.74) is 5.81. The molecule has 2 fully saturated rings. The molecule has 68 valence electrons. The Bertz CT molecular complexity index is 109. The molecule has 2 N–H and O–H groups in total. The minimum absolute atomic E-state index is 0. The van der Waals surface area contributed by atoms with E-state index >= 15 is 0 Å². The number of hydrogen-bond donors (Lipinski definition) is 1. The largest absolute Gasteiger partial charge is 0.327 e. The highest BCUT2D eigenvalue weighted by Crippen LogP contribution is 2.25. The Morgan fingerprint density at radius 1 is 1.18 bits per heavy atom. The molecule has 3 atom stereocenters. The molecule has 0 amide bonds. The Hall–Kier alpha value is 0.500. The lowest BCUT2D eigenvalue weighted by atomic mass is 9.98. The number of nitrogens with two attached hydrogens (primary N) is 1. The van der Waals surface area contributed by atoms with E-state index in [0.717, 1.165) is 12.5 Å². The van der Waals surface area contributed by atoms with E-state index in [1.807, 2.05) is 0 Å². The predicted molar refractivity (Wildman–Crippen MR) is 51.6 cm³/mol. The SMILES string of the molecule is Cl.Cl.NC1C[C@H]2CCN(C1)C2. The van der Waals surface area contributed by atoms with Gasteiger partial charge in [-0.1, -0.05) is 0 Å². The summed E-state index contributed by atoms with van der Waals surface area (Å²) in [6.45, 7) is 3.78. The number of rotatable bonds is 0. The molecule has 2 saturated heterocycles. The highest BCUT2D eigenvalue weighted by atomic mass is 35.5. The summed E-state index contributed by atoms with van der Waals surface area (Å²) < 4.78 is 0. The van der Waals surface area contributed by atoms with Crippen molar-refractivity contribution in [3.8, 4) is 0 Å². The zero-order chi connectivity index (χ0) is 6.27. The molecule has 0 aromatic heterocycles. The number of piperidine rings is 1. The smallest absolute Gasteiger partial charge is 0.0170 e. The molecule has 2 nitrogen and oxygen atoms in total. The van der Waals surface area contributed by atoms with E-state index in [2.05, 4.69) is 4.90 Å². The van der Waals surface area contributed by atoms with Gasteiger partial charge >= 0.3 is 0 Å². The van der Waals surface area contributed by atoms with Gasteiger partial charge in [0.05, 0.1) is 0 Å². The van der Waals surface area contributed by atoms with Crippen LogP contribution in [0.5, 0.6) is 0 Å². The first-order valence-corrected chi connectivity index (χ1v) is 3.82. The van der Waals surface area contributed by atoms with Crippen molar-refractivity contribution >= 4 is 24.8 Å². The summed E-state index contributed by atoms with van der Waals surface area (Å²) in [7, 11) is 0. The first-order valence-electron chi connectivity index (χ1n) is 3.82. The molecular formula is C7H16Cl2N2. The molecule has 2 rings (SSSR count). The van der Waals surface area contributed by atoms with Crippen LogP contribution in [0.2, 0.25) is 0 Å². The third-order valence-corrected chi connectivity index (χ3v) is 2.50. The lowest BCUT2D eigenvalue weighted by Gasteiger charge is -2.26. The van der Waals surface area contributed by atoms with Crippen LogP contribution >= 0.6 is 24.8 Å². The van der Waals surface area contributed by atoms with Gasteiger partial charge in [-0.3, -0.25) is 0 Å². The van der Waals surface area contributed by atoms with Gasteiger partial charge in [-0.15, -0.1) is 24.8 Å². The molecule has 2 aliphatic rings. The zero-order valence-corrected chi connectivity index (χ0v) is 8.16. The van der Waals surface area contributed by atoms with Crippen LogP contribution in [0.1, 0.15) is 12.8 Å². The predicted octanol–water partition coefficient (Wildman–Crippen LogP) is 0.883. The molecule has 2 aliphatic heterocycles. The maximum Gasteiger partial charge on any atom is 0.0170 e. The average molecular weight is 199 g/mol. The minimum Gasteiger partial charge on any atom is -0.327 e. The topological polar surface area (TPSA) is 29.3 Å². The molecule has 0 spiro atoms. The Morgan fingerprint density at radius 2 is 1.91 bits per heavy atom. The second kappa shape index (κ2) is 4.51. The molecule has 11 heavy (non-hydrogen) atoms. The highest BCUT2D eigenvalue weighted by Gasteiger charge is 2.29. The highest BCUT2D eigenvalue weighted by molar-refractivity contribution is 5.85. The first-order chi connectivity index (χ1) is 4.34. The summed E-state index contributed by atoms with van der Waals surface area (Å²) in [6, 6.07) is 0.478. The van der Waals surface area contributed by atoms with E-state index in [1.165, 1.54) is 25.9 Å². The van der Waals surface area contributed by atoms with E-state index < -0.39 is 0 Å².